The van der Waals surface area contributed by atoms with E-state index in [1.165, 1.54) is 6.07 Å². The minimum atomic E-state index is -4.40. The minimum absolute atomic E-state index is 0.0420. The molecule has 2 aliphatic rings. The standard InChI is InChI=1S/C19H25F3N4O2/c1-14(27)24-9-5-15(6-10-24)18(28)26-8-2-7-25(11-12-26)17-4-3-16(13-23-17)19(20,21)22/h3-4,13,15H,2,5-12H2,1H3. The zero-order chi connectivity index (χ0) is 20.3. The Balaban J connectivity index is 1.56. The van der Waals surface area contributed by atoms with E-state index in [-0.39, 0.29) is 17.7 Å². The molecule has 0 atom stereocenters. The number of halogens is 3. The van der Waals surface area contributed by atoms with E-state index < -0.39 is 11.7 Å². The van der Waals surface area contributed by atoms with Crippen LogP contribution in [-0.4, -0.2) is 65.9 Å². The lowest BCUT2D eigenvalue weighted by molar-refractivity contribution is -0.139. The second kappa shape index (κ2) is 8.36. The summed E-state index contributed by atoms with van der Waals surface area (Å²) in [6, 6.07) is 2.43. The Kier molecular flexibility index (Phi) is 6.10. The van der Waals surface area contributed by atoms with Crippen molar-refractivity contribution in [2.75, 3.05) is 44.2 Å². The van der Waals surface area contributed by atoms with Gasteiger partial charge in [-0.3, -0.25) is 9.59 Å². The largest absolute Gasteiger partial charge is 0.417 e. The molecule has 6 nitrogen and oxygen atoms in total. The SMILES string of the molecule is CC(=O)N1CCC(C(=O)N2CCCN(c3ccc(C(F)(F)F)cn3)CC2)CC1. The quantitative estimate of drug-likeness (QED) is 0.768. The number of alkyl halides is 3. The normalized spacial score (nSPS) is 19.5. The smallest absolute Gasteiger partial charge is 0.355 e. The van der Waals surface area contributed by atoms with Gasteiger partial charge in [0.15, 0.2) is 0 Å². The van der Waals surface area contributed by atoms with Gasteiger partial charge in [-0.15, -0.1) is 0 Å². The first-order valence-corrected chi connectivity index (χ1v) is 9.58. The predicted molar refractivity (Wildman–Crippen MR) is 97.6 cm³/mol. The highest BCUT2D eigenvalue weighted by Crippen LogP contribution is 2.29. The van der Waals surface area contributed by atoms with Gasteiger partial charge in [0.2, 0.25) is 11.8 Å². The summed E-state index contributed by atoms with van der Waals surface area (Å²) in [5.74, 6) is 0.592. The molecule has 0 bridgehead atoms. The van der Waals surface area contributed by atoms with E-state index in [1.54, 1.807) is 11.8 Å². The molecule has 9 heteroatoms. The van der Waals surface area contributed by atoms with Crippen molar-refractivity contribution < 1.29 is 22.8 Å². The second-order valence-electron chi connectivity index (χ2n) is 7.35. The first-order chi connectivity index (χ1) is 13.3. The van der Waals surface area contributed by atoms with Crippen LogP contribution in [0.4, 0.5) is 19.0 Å². The van der Waals surface area contributed by atoms with E-state index >= 15 is 0 Å². The number of hydrogen-bond donors (Lipinski definition) is 0. The number of piperidine rings is 1. The summed E-state index contributed by atoms with van der Waals surface area (Å²) in [6.07, 6.45) is -1.45. The molecular formula is C19H25F3N4O2. The lowest BCUT2D eigenvalue weighted by Gasteiger charge is -2.33. The van der Waals surface area contributed by atoms with Crippen LogP contribution in [0.2, 0.25) is 0 Å². The molecular weight excluding hydrogens is 373 g/mol. The van der Waals surface area contributed by atoms with Crippen LogP contribution >= 0.6 is 0 Å². The van der Waals surface area contributed by atoms with Gasteiger partial charge in [-0.2, -0.15) is 13.2 Å². The molecule has 2 amide bonds. The van der Waals surface area contributed by atoms with E-state index in [1.807, 2.05) is 9.80 Å². The summed E-state index contributed by atoms with van der Waals surface area (Å²) >= 11 is 0. The van der Waals surface area contributed by atoms with Gasteiger partial charge < -0.3 is 14.7 Å². The van der Waals surface area contributed by atoms with Gasteiger partial charge in [-0.25, -0.2) is 4.98 Å². The number of pyridine rings is 1. The summed E-state index contributed by atoms with van der Waals surface area (Å²) in [5.41, 5.74) is -0.764. The molecule has 3 rings (SSSR count). The zero-order valence-corrected chi connectivity index (χ0v) is 15.9. The number of rotatable bonds is 2. The molecule has 0 aromatic carbocycles. The van der Waals surface area contributed by atoms with Crippen molar-refractivity contribution in [3.8, 4) is 0 Å². The molecule has 0 N–H and O–H groups in total. The molecule has 2 saturated heterocycles. The number of hydrogen-bond acceptors (Lipinski definition) is 4. The van der Waals surface area contributed by atoms with E-state index in [9.17, 15) is 22.8 Å². The fourth-order valence-corrected chi connectivity index (χ4v) is 3.81. The fraction of sp³-hybridized carbons (Fsp3) is 0.632. The van der Waals surface area contributed by atoms with Crippen molar-refractivity contribution in [2.24, 2.45) is 5.92 Å². The number of nitrogens with zero attached hydrogens (tertiary/aromatic N) is 4. The summed E-state index contributed by atoms with van der Waals surface area (Å²) in [7, 11) is 0. The van der Waals surface area contributed by atoms with Crippen molar-refractivity contribution in [1.29, 1.82) is 0 Å². The molecule has 3 heterocycles. The van der Waals surface area contributed by atoms with Gasteiger partial charge in [0.1, 0.15) is 5.82 Å². The molecule has 2 aliphatic heterocycles. The van der Waals surface area contributed by atoms with E-state index in [2.05, 4.69) is 4.98 Å². The number of aromatic nitrogens is 1. The van der Waals surface area contributed by atoms with Crippen LogP contribution in [0, 0.1) is 5.92 Å². The molecule has 0 radical (unpaired) electrons. The third kappa shape index (κ3) is 4.74. The van der Waals surface area contributed by atoms with Crippen LogP contribution in [0.3, 0.4) is 0 Å². The monoisotopic (exact) mass is 398 g/mol. The highest BCUT2D eigenvalue weighted by atomic mass is 19.4. The van der Waals surface area contributed by atoms with Gasteiger partial charge in [-0.1, -0.05) is 0 Å². The maximum atomic E-state index is 12.8. The summed E-state index contributed by atoms with van der Waals surface area (Å²) in [4.78, 5) is 33.8. The molecule has 1 aromatic rings. The Morgan fingerprint density at radius 2 is 1.71 bits per heavy atom. The Hall–Kier alpha value is -2.32. The maximum Gasteiger partial charge on any atom is 0.417 e. The Labute approximate surface area is 162 Å². The fourth-order valence-electron chi connectivity index (χ4n) is 3.81. The van der Waals surface area contributed by atoms with Gasteiger partial charge in [0.05, 0.1) is 5.56 Å². The Bertz CT molecular complexity index is 700. The van der Waals surface area contributed by atoms with Crippen molar-refractivity contribution >= 4 is 17.6 Å². The molecule has 28 heavy (non-hydrogen) atoms. The van der Waals surface area contributed by atoms with Crippen molar-refractivity contribution in [3.05, 3.63) is 23.9 Å². The molecule has 2 fully saturated rings. The zero-order valence-electron chi connectivity index (χ0n) is 15.9. The second-order valence-corrected chi connectivity index (χ2v) is 7.35. The maximum absolute atomic E-state index is 12.8. The highest BCUT2D eigenvalue weighted by Gasteiger charge is 2.32. The third-order valence-corrected chi connectivity index (χ3v) is 5.50. The van der Waals surface area contributed by atoms with Crippen LogP contribution in [0.25, 0.3) is 0 Å². The van der Waals surface area contributed by atoms with Crippen molar-refractivity contribution in [3.63, 3.8) is 0 Å². The highest BCUT2D eigenvalue weighted by molar-refractivity contribution is 5.80. The van der Waals surface area contributed by atoms with Crippen LogP contribution in [0.15, 0.2) is 18.3 Å². The number of carbonyl (C=O) groups excluding carboxylic acids is 2. The number of carbonyl (C=O) groups is 2. The molecule has 0 unspecified atom stereocenters. The van der Waals surface area contributed by atoms with Crippen LogP contribution < -0.4 is 4.90 Å². The third-order valence-electron chi connectivity index (χ3n) is 5.50. The lowest BCUT2D eigenvalue weighted by Crippen LogP contribution is -2.44. The predicted octanol–water partition coefficient (Wildman–Crippen LogP) is 2.40. The average molecular weight is 398 g/mol. The first-order valence-electron chi connectivity index (χ1n) is 9.58. The minimum Gasteiger partial charge on any atom is -0.355 e. The Morgan fingerprint density at radius 1 is 1.00 bits per heavy atom. The van der Waals surface area contributed by atoms with E-state index in [0.29, 0.717) is 57.9 Å². The molecule has 0 aliphatic carbocycles. The summed E-state index contributed by atoms with van der Waals surface area (Å²) in [6.45, 7) is 5.10. The lowest BCUT2D eigenvalue weighted by atomic mass is 9.95. The number of likely N-dealkylation sites (tertiary alicyclic amines) is 1. The molecule has 0 spiro atoms. The van der Waals surface area contributed by atoms with Gasteiger partial charge in [0.25, 0.3) is 0 Å². The first kappa shape index (κ1) is 20.4. The summed E-state index contributed by atoms with van der Waals surface area (Å²) in [5, 5.41) is 0. The molecule has 154 valence electrons. The molecule has 1 aromatic heterocycles. The number of anilines is 1. The van der Waals surface area contributed by atoms with Crippen molar-refractivity contribution in [2.45, 2.75) is 32.4 Å². The van der Waals surface area contributed by atoms with E-state index in [0.717, 1.165) is 18.7 Å². The van der Waals surface area contributed by atoms with Gasteiger partial charge in [0, 0.05) is 58.3 Å². The van der Waals surface area contributed by atoms with Crippen LogP contribution in [0.1, 0.15) is 31.7 Å². The van der Waals surface area contributed by atoms with Gasteiger partial charge >= 0.3 is 6.18 Å². The summed E-state index contributed by atoms with van der Waals surface area (Å²) < 4.78 is 38.1. The van der Waals surface area contributed by atoms with Crippen LogP contribution in [0.5, 0.6) is 0 Å². The average Bonchev–Trinajstić information content (AvgIpc) is 2.93. The van der Waals surface area contributed by atoms with Gasteiger partial charge in [-0.05, 0) is 31.4 Å². The Morgan fingerprint density at radius 3 is 2.29 bits per heavy atom. The van der Waals surface area contributed by atoms with E-state index in [4.69, 9.17) is 0 Å². The van der Waals surface area contributed by atoms with Crippen molar-refractivity contribution in [1.82, 2.24) is 14.8 Å². The topological polar surface area (TPSA) is 56.8 Å². The number of amides is 2. The van der Waals surface area contributed by atoms with Crippen LogP contribution in [-0.2, 0) is 15.8 Å². The molecule has 0 saturated carbocycles.